The second kappa shape index (κ2) is 3.85. The summed E-state index contributed by atoms with van der Waals surface area (Å²) >= 11 is 0. The van der Waals surface area contributed by atoms with E-state index in [9.17, 15) is 8.42 Å². The van der Waals surface area contributed by atoms with Crippen LogP contribution in [0, 0.1) is 0 Å². The average molecular weight is 215 g/mol. The number of nitrogens with two attached hydrogens (primary N) is 2. The maximum absolute atomic E-state index is 11.0. The number of anilines is 2. The summed E-state index contributed by atoms with van der Waals surface area (Å²) in [6.45, 7) is 2.68. The Kier molecular flexibility index (Phi) is 2.97. The molecule has 1 aromatic carbocycles. The smallest absolute Gasteiger partial charge is 0.240 e. The molecular formula is C8H13N3O2S. The Labute approximate surface area is 83.2 Å². The standard InChI is InChI=1S/C8H13N3O2S/c1-2-11-6-3-4-8(7(9)5-6)14(10,12)13/h3-5,11H,2,9H2,1H3,(H2,10,12,13). The van der Waals surface area contributed by atoms with Crippen LogP contribution in [-0.4, -0.2) is 15.0 Å². The van der Waals surface area contributed by atoms with E-state index in [2.05, 4.69) is 5.32 Å². The molecule has 0 bridgehead atoms. The van der Waals surface area contributed by atoms with Crippen LogP contribution in [0.4, 0.5) is 11.4 Å². The normalized spacial score (nSPS) is 11.3. The maximum atomic E-state index is 11.0. The summed E-state index contributed by atoms with van der Waals surface area (Å²) in [4.78, 5) is -0.0425. The summed E-state index contributed by atoms with van der Waals surface area (Å²) in [5, 5.41) is 7.96. The van der Waals surface area contributed by atoms with Gasteiger partial charge in [0.25, 0.3) is 0 Å². The minimum Gasteiger partial charge on any atom is -0.398 e. The van der Waals surface area contributed by atoms with E-state index in [0.29, 0.717) is 0 Å². The molecule has 5 nitrogen and oxygen atoms in total. The van der Waals surface area contributed by atoms with Gasteiger partial charge in [-0.1, -0.05) is 0 Å². The Morgan fingerprint density at radius 3 is 2.50 bits per heavy atom. The minimum atomic E-state index is -3.72. The molecule has 0 aromatic heterocycles. The topological polar surface area (TPSA) is 98.2 Å². The zero-order chi connectivity index (χ0) is 10.8. The van der Waals surface area contributed by atoms with E-state index >= 15 is 0 Å². The van der Waals surface area contributed by atoms with Gasteiger partial charge in [-0.3, -0.25) is 0 Å². The number of rotatable bonds is 3. The van der Waals surface area contributed by atoms with Gasteiger partial charge < -0.3 is 11.1 Å². The average Bonchev–Trinajstić information content (AvgIpc) is 2.02. The highest BCUT2D eigenvalue weighted by Gasteiger charge is 2.11. The van der Waals surface area contributed by atoms with Crippen LogP contribution in [0.15, 0.2) is 23.1 Å². The molecule has 0 heterocycles. The molecule has 0 saturated heterocycles. The van der Waals surface area contributed by atoms with Crippen LogP contribution in [0.25, 0.3) is 0 Å². The van der Waals surface area contributed by atoms with E-state index in [1.54, 1.807) is 12.1 Å². The predicted octanol–water partition coefficient (Wildman–Crippen LogP) is 0.348. The molecule has 0 aliphatic rings. The number of primary sulfonamides is 1. The van der Waals surface area contributed by atoms with E-state index in [4.69, 9.17) is 10.9 Å². The lowest BCUT2D eigenvalue weighted by Gasteiger charge is -2.07. The van der Waals surface area contributed by atoms with Crippen molar-refractivity contribution in [3.8, 4) is 0 Å². The summed E-state index contributed by atoms with van der Waals surface area (Å²) in [5.41, 5.74) is 6.47. The van der Waals surface area contributed by atoms with Crippen molar-refractivity contribution in [1.29, 1.82) is 0 Å². The maximum Gasteiger partial charge on any atom is 0.240 e. The van der Waals surface area contributed by atoms with E-state index in [-0.39, 0.29) is 10.6 Å². The number of sulfonamides is 1. The van der Waals surface area contributed by atoms with Crippen LogP contribution in [0.2, 0.25) is 0 Å². The van der Waals surface area contributed by atoms with Gasteiger partial charge in [0.1, 0.15) is 4.90 Å². The first-order valence-corrected chi connectivity index (χ1v) is 5.66. The Morgan fingerprint density at radius 1 is 1.43 bits per heavy atom. The Morgan fingerprint density at radius 2 is 2.07 bits per heavy atom. The second-order valence-electron chi connectivity index (χ2n) is 2.83. The Balaban J connectivity index is 3.15. The molecule has 0 unspecified atom stereocenters. The van der Waals surface area contributed by atoms with Crippen molar-refractivity contribution in [3.05, 3.63) is 18.2 Å². The molecule has 0 fully saturated rings. The Bertz CT molecular complexity index is 428. The van der Waals surface area contributed by atoms with Gasteiger partial charge in [0.2, 0.25) is 10.0 Å². The minimum absolute atomic E-state index is 0.0425. The van der Waals surface area contributed by atoms with Crippen LogP contribution < -0.4 is 16.2 Å². The van der Waals surface area contributed by atoms with Crippen LogP contribution in [0.1, 0.15) is 6.92 Å². The van der Waals surface area contributed by atoms with Gasteiger partial charge in [-0.15, -0.1) is 0 Å². The SMILES string of the molecule is CCNc1ccc(S(N)(=O)=O)c(N)c1. The highest BCUT2D eigenvalue weighted by Crippen LogP contribution is 2.20. The zero-order valence-electron chi connectivity index (χ0n) is 7.82. The van der Waals surface area contributed by atoms with Gasteiger partial charge in [0, 0.05) is 12.2 Å². The van der Waals surface area contributed by atoms with Crippen molar-refractivity contribution < 1.29 is 8.42 Å². The molecule has 1 rings (SSSR count). The monoisotopic (exact) mass is 215 g/mol. The fourth-order valence-corrected chi connectivity index (χ4v) is 1.77. The highest BCUT2D eigenvalue weighted by molar-refractivity contribution is 7.89. The number of benzene rings is 1. The van der Waals surface area contributed by atoms with Crippen LogP contribution in [0.3, 0.4) is 0 Å². The fraction of sp³-hybridized carbons (Fsp3) is 0.250. The van der Waals surface area contributed by atoms with Crippen molar-refractivity contribution in [1.82, 2.24) is 0 Å². The fourth-order valence-electron chi connectivity index (χ4n) is 1.12. The van der Waals surface area contributed by atoms with Gasteiger partial charge in [-0.25, -0.2) is 13.6 Å². The van der Waals surface area contributed by atoms with Gasteiger partial charge >= 0.3 is 0 Å². The van der Waals surface area contributed by atoms with Gasteiger partial charge in [0.15, 0.2) is 0 Å². The number of hydrogen-bond acceptors (Lipinski definition) is 4. The van der Waals surface area contributed by atoms with E-state index in [1.165, 1.54) is 6.07 Å². The molecule has 14 heavy (non-hydrogen) atoms. The first-order chi connectivity index (χ1) is 6.45. The lowest BCUT2D eigenvalue weighted by molar-refractivity contribution is 0.598. The summed E-state index contributed by atoms with van der Waals surface area (Å²) in [5.74, 6) is 0. The molecule has 0 saturated carbocycles. The summed E-state index contributed by atoms with van der Waals surface area (Å²) in [6, 6.07) is 4.56. The third kappa shape index (κ3) is 2.36. The molecule has 0 aliphatic carbocycles. The third-order valence-corrected chi connectivity index (χ3v) is 2.68. The zero-order valence-corrected chi connectivity index (χ0v) is 8.64. The van der Waals surface area contributed by atoms with Crippen molar-refractivity contribution in [3.63, 3.8) is 0 Å². The second-order valence-corrected chi connectivity index (χ2v) is 4.36. The summed E-state index contributed by atoms with van der Waals surface area (Å²) in [6.07, 6.45) is 0. The van der Waals surface area contributed by atoms with E-state index in [0.717, 1.165) is 12.2 Å². The first-order valence-electron chi connectivity index (χ1n) is 4.11. The van der Waals surface area contributed by atoms with Gasteiger partial charge in [0.05, 0.1) is 5.69 Å². The molecule has 0 aliphatic heterocycles. The van der Waals surface area contributed by atoms with Crippen molar-refractivity contribution in [2.24, 2.45) is 5.14 Å². The molecule has 0 atom stereocenters. The largest absolute Gasteiger partial charge is 0.398 e. The van der Waals surface area contributed by atoms with Crippen LogP contribution in [-0.2, 0) is 10.0 Å². The van der Waals surface area contributed by atoms with Crippen molar-refractivity contribution >= 4 is 21.4 Å². The lowest BCUT2D eigenvalue weighted by atomic mass is 10.3. The number of nitrogens with one attached hydrogen (secondary N) is 1. The van der Waals surface area contributed by atoms with Crippen LogP contribution in [0.5, 0.6) is 0 Å². The quantitative estimate of drug-likeness (QED) is 0.633. The van der Waals surface area contributed by atoms with E-state index in [1.807, 2.05) is 6.92 Å². The van der Waals surface area contributed by atoms with Crippen molar-refractivity contribution in [2.75, 3.05) is 17.6 Å². The third-order valence-electron chi connectivity index (χ3n) is 1.70. The van der Waals surface area contributed by atoms with Crippen LogP contribution >= 0.6 is 0 Å². The van der Waals surface area contributed by atoms with Gasteiger partial charge in [-0.05, 0) is 25.1 Å². The molecule has 6 heteroatoms. The molecule has 0 spiro atoms. The molecule has 78 valence electrons. The van der Waals surface area contributed by atoms with Gasteiger partial charge in [-0.2, -0.15) is 0 Å². The number of nitrogen functional groups attached to an aromatic ring is 1. The molecule has 5 N–H and O–H groups in total. The first kappa shape index (κ1) is 10.8. The lowest BCUT2D eigenvalue weighted by Crippen LogP contribution is -2.14. The molecule has 1 aromatic rings. The molecular weight excluding hydrogens is 202 g/mol. The Hall–Kier alpha value is -1.27. The van der Waals surface area contributed by atoms with Crippen molar-refractivity contribution in [2.45, 2.75) is 11.8 Å². The number of hydrogen-bond donors (Lipinski definition) is 3. The molecule has 0 amide bonds. The van der Waals surface area contributed by atoms with E-state index < -0.39 is 10.0 Å². The highest BCUT2D eigenvalue weighted by atomic mass is 32.2. The summed E-state index contributed by atoms with van der Waals surface area (Å²) < 4.78 is 22.0. The summed E-state index contributed by atoms with van der Waals surface area (Å²) in [7, 11) is -3.72. The predicted molar refractivity (Wildman–Crippen MR) is 56.4 cm³/mol. The molecule has 0 radical (unpaired) electrons.